The number of hydrogen-bond donors (Lipinski definition) is 2. The summed E-state index contributed by atoms with van der Waals surface area (Å²) in [5, 5.41) is 16.5. The fraction of sp³-hybridized carbons (Fsp3) is 0.450. The second kappa shape index (κ2) is 10.7. The molecular formula is C20H26ClN3O4. The van der Waals surface area contributed by atoms with Gasteiger partial charge in [-0.05, 0) is 43.0 Å². The van der Waals surface area contributed by atoms with E-state index in [1.54, 1.807) is 24.4 Å². The number of aromatic nitrogens is 2. The van der Waals surface area contributed by atoms with Gasteiger partial charge in [-0.25, -0.2) is 9.48 Å². The van der Waals surface area contributed by atoms with Crippen LogP contribution in [-0.4, -0.2) is 34.0 Å². The van der Waals surface area contributed by atoms with Gasteiger partial charge in [0.15, 0.2) is 0 Å². The molecule has 8 heteroatoms. The Morgan fingerprint density at radius 2 is 2.11 bits per heavy atom. The molecule has 0 unspecified atom stereocenters. The van der Waals surface area contributed by atoms with Gasteiger partial charge >= 0.3 is 5.97 Å². The van der Waals surface area contributed by atoms with Crippen molar-refractivity contribution in [2.24, 2.45) is 0 Å². The third-order valence-corrected chi connectivity index (χ3v) is 4.51. The van der Waals surface area contributed by atoms with Crippen LogP contribution >= 0.6 is 11.6 Å². The first-order valence-electron chi connectivity index (χ1n) is 9.46. The predicted molar refractivity (Wildman–Crippen MR) is 110 cm³/mol. The van der Waals surface area contributed by atoms with Crippen LogP contribution in [-0.2, 0) is 13.0 Å². The number of carboxylic acids is 1. The van der Waals surface area contributed by atoms with Gasteiger partial charge in [0.2, 0.25) is 0 Å². The van der Waals surface area contributed by atoms with Gasteiger partial charge in [-0.15, -0.1) is 0 Å². The van der Waals surface area contributed by atoms with Gasteiger partial charge in [0.1, 0.15) is 10.8 Å². The number of benzene rings is 1. The highest BCUT2D eigenvalue weighted by Crippen LogP contribution is 2.22. The number of aromatic carboxylic acids is 1. The number of anilines is 1. The molecule has 7 nitrogen and oxygen atoms in total. The van der Waals surface area contributed by atoms with Crippen LogP contribution in [0.2, 0.25) is 5.02 Å². The smallest absolute Gasteiger partial charge is 0.335 e. The number of nitrogens with one attached hydrogen (secondary N) is 1. The van der Waals surface area contributed by atoms with Crippen LogP contribution in [0.25, 0.3) is 0 Å². The Morgan fingerprint density at radius 1 is 1.32 bits per heavy atom. The van der Waals surface area contributed by atoms with Crippen LogP contribution < -0.4 is 15.6 Å². The first-order chi connectivity index (χ1) is 13.5. The second-order valence-corrected chi connectivity index (χ2v) is 6.78. The van der Waals surface area contributed by atoms with Crippen molar-refractivity contribution in [2.45, 2.75) is 46.1 Å². The van der Waals surface area contributed by atoms with Crippen LogP contribution in [0.5, 0.6) is 5.75 Å². The van der Waals surface area contributed by atoms with Crippen molar-refractivity contribution in [3.05, 3.63) is 50.9 Å². The van der Waals surface area contributed by atoms with E-state index >= 15 is 0 Å². The molecule has 0 atom stereocenters. The van der Waals surface area contributed by atoms with E-state index in [-0.39, 0.29) is 16.1 Å². The largest absolute Gasteiger partial charge is 0.493 e. The van der Waals surface area contributed by atoms with Gasteiger partial charge in [-0.1, -0.05) is 31.9 Å². The van der Waals surface area contributed by atoms with E-state index in [0.29, 0.717) is 37.6 Å². The van der Waals surface area contributed by atoms with Crippen molar-refractivity contribution >= 4 is 23.3 Å². The maximum absolute atomic E-state index is 12.1. The zero-order valence-corrected chi connectivity index (χ0v) is 17.0. The molecule has 2 aromatic rings. The normalized spacial score (nSPS) is 10.7. The Balaban J connectivity index is 1.89. The fourth-order valence-electron chi connectivity index (χ4n) is 2.75. The van der Waals surface area contributed by atoms with Crippen LogP contribution in [0, 0.1) is 0 Å². The quantitative estimate of drug-likeness (QED) is 0.550. The molecule has 0 saturated carbocycles. The van der Waals surface area contributed by atoms with Gasteiger partial charge in [0.05, 0.1) is 24.1 Å². The molecule has 0 saturated heterocycles. The minimum Gasteiger partial charge on any atom is -0.493 e. The van der Waals surface area contributed by atoms with Crippen LogP contribution in [0.3, 0.4) is 0 Å². The molecule has 0 bridgehead atoms. The van der Waals surface area contributed by atoms with Crippen molar-refractivity contribution in [3.63, 3.8) is 0 Å². The Hall–Kier alpha value is -2.54. The van der Waals surface area contributed by atoms with Gasteiger partial charge in [-0.3, -0.25) is 4.79 Å². The van der Waals surface area contributed by atoms with E-state index in [0.717, 1.165) is 24.8 Å². The SMILES string of the molecule is CCCc1cc(C(=O)O)ccc1OCCCNc1cnn(CCC)c(=O)c1Cl. The third kappa shape index (κ3) is 5.73. The van der Waals surface area contributed by atoms with Crippen LogP contribution in [0.1, 0.15) is 49.0 Å². The van der Waals surface area contributed by atoms with Gasteiger partial charge < -0.3 is 15.2 Å². The number of hydrogen-bond acceptors (Lipinski definition) is 5. The molecule has 0 aliphatic heterocycles. The number of aryl methyl sites for hydroxylation is 2. The summed E-state index contributed by atoms with van der Waals surface area (Å²) in [6, 6.07) is 4.91. The van der Waals surface area contributed by atoms with E-state index in [9.17, 15) is 9.59 Å². The summed E-state index contributed by atoms with van der Waals surface area (Å²) in [5.41, 5.74) is 1.36. The lowest BCUT2D eigenvalue weighted by molar-refractivity contribution is 0.0696. The summed E-state index contributed by atoms with van der Waals surface area (Å²) in [5.74, 6) is -0.242. The lowest BCUT2D eigenvalue weighted by atomic mass is 10.1. The van der Waals surface area contributed by atoms with Crippen molar-refractivity contribution in [2.75, 3.05) is 18.5 Å². The standard InChI is InChI=1S/C20H26ClN3O4/c1-3-6-14-12-15(20(26)27)7-8-17(14)28-11-5-9-22-16-13-23-24(10-4-2)19(25)18(16)21/h7-8,12-13,22H,3-6,9-11H2,1-2H3,(H,26,27). The maximum atomic E-state index is 12.1. The molecule has 0 aliphatic rings. The average Bonchev–Trinajstić information content (AvgIpc) is 2.68. The van der Waals surface area contributed by atoms with Crippen molar-refractivity contribution in [1.82, 2.24) is 9.78 Å². The zero-order chi connectivity index (χ0) is 20.5. The summed E-state index contributed by atoms with van der Waals surface area (Å²) >= 11 is 6.12. The Kier molecular flexibility index (Phi) is 8.32. The van der Waals surface area contributed by atoms with Crippen molar-refractivity contribution in [3.8, 4) is 5.75 Å². The Bertz CT molecular complexity index is 867. The average molecular weight is 408 g/mol. The number of nitrogens with zero attached hydrogens (tertiary/aromatic N) is 2. The van der Waals surface area contributed by atoms with Gasteiger partial charge in [0, 0.05) is 13.1 Å². The van der Waals surface area contributed by atoms with Crippen LogP contribution in [0.4, 0.5) is 5.69 Å². The predicted octanol–water partition coefficient (Wildman–Crippen LogP) is 3.84. The molecule has 2 rings (SSSR count). The fourth-order valence-corrected chi connectivity index (χ4v) is 2.97. The molecule has 1 aromatic carbocycles. The van der Waals surface area contributed by atoms with Crippen molar-refractivity contribution < 1.29 is 14.6 Å². The third-order valence-electron chi connectivity index (χ3n) is 4.14. The number of rotatable bonds is 11. The van der Waals surface area contributed by atoms with E-state index in [1.807, 2.05) is 13.8 Å². The van der Waals surface area contributed by atoms with Gasteiger partial charge in [-0.2, -0.15) is 5.10 Å². The van der Waals surface area contributed by atoms with E-state index < -0.39 is 5.97 Å². The molecule has 0 fully saturated rings. The molecule has 1 aromatic heterocycles. The van der Waals surface area contributed by atoms with E-state index in [1.165, 1.54) is 4.68 Å². The van der Waals surface area contributed by atoms with E-state index in [2.05, 4.69) is 10.4 Å². The molecule has 1 heterocycles. The zero-order valence-electron chi connectivity index (χ0n) is 16.2. The summed E-state index contributed by atoms with van der Waals surface area (Å²) < 4.78 is 7.17. The lowest BCUT2D eigenvalue weighted by Crippen LogP contribution is -2.24. The second-order valence-electron chi connectivity index (χ2n) is 6.41. The Morgan fingerprint density at radius 3 is 2.79 bits per heavy atom. The summed E-state index contributed by atoms with van der Waals surface area (Å²) in [4.78, 5) is 23.2. The van der Waals surface area contributed by atoms with Crippen LogP contribution in [0.15, 0.2) is 29.2 Å². The first kappa shape index (κ1) is 21.8. The summed E-state index contributed by atoms with van der Waals surface area (Å²) in [6.45, 7) is 5.55. The molecule has 0 radical (unpaired) electrons. The molecule has 152 valence electrons. The monoisotopic (exact) mass is 407 g/mol. The maximum Gasteiger partial charge on any atom is 0.335 e. The summed E-state index contributed by atoms with van der Waals surface area (Å²) in [6.07, 6.45) is 4.70. The molecule has 28 heavy (non-hydrogen) atoms. The number of ether oxygens (including phenoxy) is 1. The molecule has 2 N–H and O–H groups in total. The highest BCUT2D eigenvalue weighted by molar-refractivity contribution is 6.32. The minimum absolute atomic E-state index is 0.138. The number of carboxylic acid groups (broad SMARTS) is 1. The Labute approximate surface area is 169 Å². The first-order valence-corrected chi connectivity index (χ1v) is 9.84. The highest BCUT2D eigenvalue weighted by atomic mass is 35.5. The highest BCUT2D eigenvalue weighted by Gasteiger charge is 2.10. The lowest BCUT2D eigenvalue weighted by Gasteiger charge is -2.13. The molecule has 0 amide bonds. The topological polar surface area (TPSA) is 93.4 Å². The summed E-state index contributed by atoms with van der Waals surface area (Å²) in [7, 11) is 0. The van der Waals surface area contributed by atoms with Crippen molar-refractivity contribution in [1.29, 1.82) is 0 Å². The molecule has 0 spiro atoms. The minimum atomic E-state index is -0.945. The van der Waals surface area contributed by atoms with E-state index in [4.69, 9.17) is 21.4 Å². The number of carbonyl (C=O) groups is 1. The molecule has 0 aliphatic carbocycles. The van der Waals surface area contributed by atoms with Gasteiger partial charge in [0.25, 0.3) is 5.56 Å². The number of halogens is 1. The molecular weight excluding hydrogens is 382 g/mol.